The van der Waals surface area contributed by atoms with E-state index >= 15 is 0 Å². The first-order valence-corrected chi connectivity index (χ1v) is 7.02. The number of aromatic carboxylic acids is 1. The molecule has 3 aromatic rings. The first kappa shape index (κ1) is 15.1. The standard InChI is InChI=1S/C16H11NO8/c18-6-1-8-7(11(19)2-6)3-10(17(22)23)13-9(16(20)21)4-12-15(14(8)13)25-5-24-12/h1-4,18-19,22-23H,5H2,(H,20,21)/p-1. The third kappa shape index (κ3) is 2.07. The van der Waals surface area contributed by atoms with Gasteiger partial charge in [-0.05, 0) is 35.0 Å². The molecule has 3 aromatic carbocycles. The number of carboxylic acid groups (broad SMARTS) is 1. The molecule has 4 N–H and O–H groups in total. The zero-order chi connectivity index (χ0) is 17.9. The summed E-state index contributed by atoms with van der Waals surface area (Å²) in [6.45, 7) is -0.162. The van der Waals surface area contributed by atoms with E-state index in [0.717, 1.165) is 12.1 Å². The second-order valence-corrected chi connectivity index (χ2v) is 5.44. The van der Waals surface area contributed by atoms with E-state index in [0.29, 0.717) is 0 Å². The number of anilines is 1. The van der Waals surface area contributed by atoms with Crippen molar-refractivity contribution >= 4 is 33.2 Å². The van der Waals surface area contributed by atoms with Crippen LogP contribution in [-0.2, 0) is 0 Å². The Morgan fingerprint density at radius 1 is 1.08 bits per heavy atom. The summed E-state index contributed by atoms with van der Waals surface area (Å²) in [5.41, 5.74) is -0.596. The molecule has 0 atom stereocenters. The molecule has 9 nitrogen and oxygen atoms in total. The zero-order valence-electron chi connectivity index (χ0n) is 12.4. The van der Waals surface area contributed by atoms with Gasteiger partial charge in [-0.1, -0.05) is 5.75 Å². The number of carboxylic acids is 1. The van der Waals surface area contributed by atoms with Gasteiger partial charge < -0.3 is 24.8 Å². The van der Waals surface area contributed by atoms with Crippen molar-refractivity contribution in [3.05, 3.63) is 29.8 Å². The van der Waals surface area contributed by atoms with E-state index in [-0.39, 0.29) is 62.1 Å². The summed E-state index contributed by atoms with van der Waals surface area (Å²) in [6, 6.07) is 4.58. The van der Waals surface area contributed by atoms with Gasteiger partial charge in [0.1, 0.15) is 11.4 Å². The second-order valence-electron chi connectivity index (χ2n) is 5.44. The molecule has 0 radical (unpaired) electrons. The number of aromatic hydroxyl groups is 1. The maximum atomic E-state index is 12.2. The van der Waals surface area contributed by atoms with Gasteiger partial charge in [-0.2, -0.15) is 0 Å². The molecule has 9 heteroatoms. The van der Waals surface area contributed by atoms with Gasteiger partial charge in [-0.15, -0.1) is 5.23 Å². The van der Waals surface area contributed by atoms with E-state index in [1.807, 2.05) is 0 Å². The van der Waals surface area contributed by atoms with E-state index < -0.39 is 11.7 Å². The van der Waals surface area contributed by atoms with E-state index in [1.165, 1.54) is 12.1 Å². The number of fused-ring (bicyclic) bond motifs is 5. The van der Waals surface area contributed by atoms with E-state index in [9.17, 15) is 30.5 Å². The SMILES string of the molecule is O=C(O)c1cc2c(c3c1c(N(O)O)cc1c([O-])cc(O)cc13)OCO2. The normalized spacial score (nSPS) is 12.7. The molecule has 1 aliphatic rings. The predicted molar refractivity (Wildman–Crippen MR) is 81.7 cm³/mol. The Bertz CT molecular complexity index is 1060. The lowest BCUT2D eigenvalue weighted by Crippen LogP contribution is -2.13. The summed E-state index contributed by atoms with van der Waals surface area (Å²) in [7, 11) is 0. The van der Waals surface area contributed by atoms with Crippen LogP contribution in [0.3, 0.4) is 0 Å². The molecule has 25 heavy (non-hydrogen) atoms. The highest BCUT2D eigenvalue weighted by atomic mass is 16.8. The van der Waals surface area contributed by atoms with Crippen molar-refractivity contribution in [3.8, 4) is 23.0 Å². The number of phenols is 1. The van der Waals surface area contributed by atoms with Crippen LogP contribution in [0.15, 0.2) is 24.3 Å². The van der Waals surface area contributed by atoms with Crippen molar-refractivity contribution in [1.29, 1.82) is 0 Å². The third-order valence-electron chi connectivity index (χ3n) is 4.04. The monoisotopic (exact) mass is 344 g/mol. The van der Waals surface area contributed by atoms with E-state index in [4.69, 9.17) is 9.47 Å². The smallest absolute Gasteiger partial charge is 0.336 e. The van der Waals surface area contributed by atoms with Crippen molar-refractivity contribution < 1.29 is 40.0 Å². The molecule has 0 amide bonds. The first-order valence-electron chi connectivity index (χ1n) is 7.02. The number of carbonyl (C=O) groups is 1. The van der Waals surface area contributed by atoms with Crippen LogP contribution < -0.4 is 19.8 Å². The lowest BCUT2D eigenvalue weighted by atomic mass is 9.94. The third-order valence-corrected chi connectivity index (χ3v) is 4.04. The largest absolute Gasteiger partial charge is 0.872 e. The lowest BCUT2D eigenvalue weighted by molar-refractivity contribution is -0.265. The van der Waals surface area contributed by atoms with Crippen LogP contribution in [0, 0.1) is 0 Å². The average molecular weight is 344 g/mol. The lowest BCUT2D eigenvalue weighted by Gasteiger charge is -2.20. The van der Waals surface area contributed by atoms with Gasteiger partial charge in [-0.25, -0.2) is 4.79 Å². The Kier molecular flexibility index (Phi) is 3.04. The average Bonchev–Trinajstić information content (AvgIpc) is 3.00. The predicted octanol–water partition coefficient (Wildman–Crippen LogP) is 1.78. The highest BCUT2D eigenvalue weighted by Crippen LogP contribution is 2.49. The minimum Gasteiger partial charge on any atom is -0.872 e. The van der Waals surface area contributed by atoms with Gasteiger partial charge in [-0.3, -0.25) is 10.4 Å². The number of rotatable bonds is 2. The summed E-state index contributed by atoms with van der Waals surface area (Å²) in [6.07, 6.45) is 0. The number of nitrogens with zero attached hydrogens (tertiary/aromatic N) is 1. The summed E-state index contributed by atoms with van der Waals surface area (Å²) < 4.78 is 10.6. The summed E-state index contributed by atoms with van der Waals surface area (Å²) in [5, 5.41) is 50.7. The maximum absolute atomic E-state index is 12.2. The minimum absolute atomic E-state index is 0.0497. The number of hydrogen-bond acceptors (Lipinski definition) is 8. The molecule has 0 bridgehead atoms. The molecule has 4 rings (SSSR count). The molecule has 0 aromatic heterocycles. The Hall–Kier alpha value is -3.43. The molecule has 1 heterocycles. The quantitative estimate of drug-likeness (QED) is 0.404. The minimum atomic E-state index is -1.34. The second kappa shape index (κ2) is 5.03. The van der Waals surface area contributed by atoms with Gasteiger partial charge in [0.05, 0.1) is 5.56 Å². The van der Waals surface area contributed by atoms with Crippen LogP contribution >= 0.6 is 0 Å². The van der Waals surface area contributed by atoms with E-state index in [1.54, 1.807) is 0 Å². The summed E-state index contributed by atoms with van der Waals surface area (Å²) in [4.78, 5) is 11.7. The summed E-state index contributed by atoms with van der Waals surface area (Å²) >= 11 is 0. The molecule has 0 unspecified atom stereocenters. The molecule has 1 aliphatic heterocycles. The van der Waals surface area contributed by atoms with Crippen molar-refractivity contribution in [2.24, 2.45) is 0 Å². The molecule has 0 saturated heterocycles. The van der Waals surface area contributed by atoms with Gasteiger partial charge in [0.2, 0.25) is 6.79 Å². The fraction of sp³-hybridized carbons (Fsp3) is 0.0625. The van der Waals surface area contributed by atoms with Crippen molar-refractivity contribution in [2.45, 2.75) is 0 Å². The maximum Gasteiger partial charge on any atom is 0.336 e. The Morgan fingerprint density at radius 3 is 2.52 bits per heavy atom. The number of ether oxygens (including phenoxy) is 2. The van der Waals surface area contributed by atoms with Gasteiger partial charge in [0.15, 0.2) is 11.5 Å². The van der Waals surface area contributed by atoms with Gasteiger partial charge in [0, 0.05) is 10.8 Å². The Balaban J connectivity index is 2.35. The van der Waals surface area contributed by atoms with Crippen molar-refractivity contribution in [3.63, 3.8) is 0 Å². The van der Waals surface area contributed by atoms with Gasteiger partial charge >= 0.3 is 5.97 Å². The molecular weight excluding hydrogens is 334 g/mol. The molecular formula is C16H10NO8-. The number of hydrogen-bond donors (Lipinski definition) is 4. The van der Waals surface area contributed by atoms with Crippen molar-refractivity contribution in [2.75, 3.05) is 12.0 Å². The number of phenolic OH excluding ortho intramolecular Hbond substituents is 1. The van der Waals surface area contributed by atoms with Crippen LogP contribution in [0.4, 0.5) is 5.69 Å². The van der Waals surface area contributed by atoms with Crippen LogP contribution in [0.1, 0.15) is 10.4 Å². The fourth-order valence-electron chi connectivity index (χ4n) is 3.07. The van der Waals surface area contributed by atoms with Crippen molar-refractivity contribution in [1.82, 2.24) is 0 Å². The highest BCUT2D eigenvalue weighted by molar-refractivity contribution is 6.23. The number of benzene rings is 3. The Morgan fingerprint density at radius 2 is 1.84 bits per heavy atom. The first-order chi connectivity index (χ1) is 11.9. The molecule has 128 valence electrons. The summed E-state index contributed by atoms with van der Waals surface area (Å²) in [5.74, 6) is -1.94. The van der Waals surface area contributed by atoms with Crippen LogP contribution in [0.25, 0.3) is 21.5 Å². The van der Waals surface area contributed by atoms with Crippen LogP contribution in [0.2, 0.25) is 0 Å². The molecule has 0 saturated carbocycles. The van der Waals surface area contributed by atoms with Crippen LogP contribution in [0.5, 0.6) is 23.0 Å². The molecule has 0 aliphatic carbocycles. The zero-order valence-corrected chi connectivity index (χ0v) is 12.4. The topological polar surface area (TPSA) is 143 Å². The van der Waals surface area contributed by atoms with Crippen LogP contribution in [-0.4, -0.2) is 33.4 Å². The fourth-order valence-corrected chi connectivity index (χ4v) is 3.07. The highest BCUT2D eigenvalue weighted by Gasteiger charge is 2.27. The van der Waals surface area contributed by atoms with E-state index in [2.05, 4.69) is 0 Å². The van der Waals surface area contributed by atoms with Gasteiger partial charge in [0.25, 0.3) is 0 Å². The molecule has 0 spiro atoms. The molecule has 0 fully saturated rings. The Labute approximate surface area is 139 Å².